The van der Waals surface area contributed by atoms with E-state index in [0.29, 0.717) is 5.56 Å². The van der Waals surface area contributed by atoms with Crippen LogP contribution in [-0.2, 0) is 0 Å². The van der Waals surface area contributed by atoms with Crippen LogP contribution in [0.2, 0.25) is 0 Å². The highest BCUT2D eigenvalue weighted by Crippen LogP contribution is 2.19. The third-order valence-corrected chi connectivity index (χ3v) is 3.98. The average Bonchev–Trinajstić information content (AvgIpc) is 2.43. The van der Waals surface area contributed by atoms with E-state index in [9.17, 15) is 4.79 Å². The van der Waals surface area contributed by atoms with Gasteiger partial charge in [0, 0.05) is 17.6 Å². The van der Waals surface area contributed by atoms with Crippen LogP contribution in [0, 0.1) is 13.8 Å². The summed E-state index contributed by atoms with van der Waals surface area (Å²) in [7, 11) is 0. The molecule has 2 atom stereocenters. The summed E-state index contributed by atoms with van der Waals surface area (Å²) in [4.78, 5) is 21.1. The fourth-order valence-electron chi connectivity index (χ4n) is 2.33. The summed E-state index contributed by atoms with van der Waals surface area (Å²) < 4.78 is 0. The van der Waals surface area contributed by atoms with Gasteiger partial charge < -0.3 is 11.1 Å². The van der Waals surface area contributed by atoms with Gasteiger partial charge in [0.15, 0.2) is 0 Å². The van der Waals surface area contributed by atoms with Crippen molar-refractivity contribution in [3.63, 3.8) is 0 Å². The Morgan fingerprint density at radius 3 is 2.50 bits per heavy atom. The molecule has 2 unspecified atom stereocenters. The maximum absolute atomic E-state index is 12.2. The maximum atomic E-state index is 12.2. The van der Waals surface area contributed by atoms with E-state index in [1.165, 1.54) is 0 Å². The Morgan fingerprint density at radius 2 is 1.90 bits per heavy atom. The van der Waals surface area contributed by atoms with Gasteiger partial charge in [0.05, 0.1) is 22.4 Å². The first kappa shape index (κ1) is 13.0. The molecule has 1 amide bonds. The van der Waals surface area contributed by atoms with Gasteiger partial charge in [-0.25, -0.2) is 9.97 Å². The minimum atomic E-state index is -0.0907. The van der Waals surface area contributed by atoms with Crippen molar-refractivity contribution in [1.29, 1.82) is 0 Å². The molecule has 1 aromatic heterocycles. The average molecular weight is 270 g/mol. The third kappa shape index (κ3) is 2.25. The van der Waals surface area contributed by atoms with Crippen LogP contribution in [0.5, 0.6) is 0 Å². The molecule has 0 spiro atoms. The van der Waals surface area contributed by atoms with Gasteiger partial charge in [-0.05, 0) is 44.9 Å². The first-order valence-electron chi connectivity index (χ1n) is 6.86. The zero-order valence-corrected chi connectivity index (χ0v) is 11.7. The number of carbonyl (C=O) groups is 1. The summed E-state index contributed by atoms with van der Waals surface area (Å²) in [5.74, 6) is -0.0907. The van der Waals surface area contributed by atoms with Crippen LogP contribution in [0.3, 0.4) is 0 Å². The van der Waals surface area contributed by atoms with E-state index in [1.54, 1.807) is 12.1 Å². The Kier molecular flexibility index (Phi) is 3.14. The lowest BCUT2D eigenvalue weighted by Gasteiger charge is -2.34. The summed E-state index contributed by atoms with van der Waals surface area (Å²) in [6.07, 6.45) is 1.94. The number of fused-ring (bicyclic) bond motifs is 1. The second-order valence-corrected chi connectivity index (χ2v) is 5.42. The number of hydrogen-bond acceptors (Lipinski definition) is 4. The molecule has 1 heterocycles. The molecular weight excluding hydrogens is 252 g/mol. The highest BCUT2D eigenvalue weighted by Gasteiger charge is 2.28. The minimum Gasteiger partial charge on any atom is -0.348 e. The van der Waals surface area contributed by atoms with E-state index < -0.39 is 0 Å². The molecule has 1 aliphatic carbocycles. The monoisotopic (exact) mass is 270 g/mol. The number of aryl methyl sites for hydroxylation is 2. The number of carbonyl (C=O) groups excluding carboxylic acids is 1. The largest absolute Gasteiger partial charge is 0.348 e. The Balaban J connectivity index is 1.88. The molecule has 2 aromatic rings. The third-order valence-electron chi connectivity index (χ3n) is 3.98. The van der Waals surface area contributed by atoms with E-state index in [0.717, 1.165) is 35.3 Å². The van der Waals surface area contributed by atoms with Gasteiger partial charge in [0.1, 0.15) is 0 Å². The van der Waals surface area contributed by atoms with Gasteiger partial charge in [0.2, 0.25) is 0 Å². The zero-order valence-electron chi connectivity index (χ0n) is 11.7. The molecule has 20 heavy (non-hydrogen) atoms. The van der Waals surface area contributed by atoms with Crippen LogP contribution in [-0.4, -0.2) is 28.0 Å². The number of aromatic nitrogens is 2. The van der Waals surface area contributed by atoms with Crippen LogP contribution < -0.4 is 11.1 Å². The molecule has 0 radical (unpaired) electrons. The molecular formula is C15H18N4O. The number of rotatable bonds is 2. The second kappa shape index (κ2) is 4.83. The topological polar surface area (TPSA) is 80.9 Å². The number of nitrogens with zero attached hydrogens (tertiary/aromatic N) is 2. The molecule has 3 N–H and O–H groups in total. The lowest BCUT2D eigenvalue weighted by atomic mass is 9.87. The van der Waals surface area contributed by atoms with Crippen molar-refractivity contribution in [2.45, 2.75) is 38.8 Å². The molecule has 1 fully saturated rings. The highest BCUT2D eigenvalue weighted by atomic mass is 16.1. The number of hydrogen-bond donors (Lipinski definition) is 2. The number of benzene rings is 1. The standard InChI is InChI=1S/C15H18N4O/c1-8-9(2)18-14-7-10(3-5-13(14)17-8)15(20)19-12-6-4-11(12)16/h3,5,7,11-12H,4,6,16H2,1-2H3,(H,19,20). The summed E-state index contributed by atoms with van der Waals surface area (Å²) in [5, 5.41) is 2.96. The summed E-state index contributed by atoms with van der Waals surface area (Å²) in [6, 6.07) is 5.59. The molecule has 104 valence electrons. The second-order valence-electron chi connectivity index (χ2n) is 5.42. The van der Waals surface area contributed by atoms with Gasteiger partial charge in [-0.1, -0.05) is 0 Å². The normalized spacial score (nSPS) is 21.6. The Bertz CT molecular complexity index is 683. The van der Waals surface area contributed by atoms with Crippen molar-refractivity contribution in [3.8, 4) is 0 Å². The summed E-state index contributed by atoms with van der Waals surface area (Å²) in [6.45, 7) is 3.85. The van der Waals surface area contributed by atoms with Gasteiger partial charge >= 0.3 is 0 Å². The Hall–Kier alpha value is -2.01. The fourth-order valence-corrected chi connectivity index (χ4v) is 2.33. The summed E-state index contributed by atoms with van der Waals surface area (Å²) >= 11 is 0. The predicted octanol–water partition coefficient (Wildman–Crippen LogP) is 1.47. The number of nitrogens with one attached hydrogen (secondary N) is 1. The number of nitrogens with two attached hydrogens (primary N) is 1. The van der Waals surface area contributed by atoms with Gasteiger partial charge in [-0.15, -0.1) is 0 Å². The van der Waals surface area contributed by atoms with Crippen molar-refractivity contribution in [2.75, 3.05) is 0 Å². The van der Waals surface area contributed by atoms with Crippen LogP contribution in [0.15, 0.2) is 18.2 Å². The van der Waals surface area contributed by atoms with E-state index in [2.05, 4.69) is 15.3 Å². The van der Waals surface area contributed by atoms with Crippen molar-refractivity contribution < 1.29 is 4.79 Å². The molecule has 0 bridgehead atoms. The SMILES string of the molecule is Cc1nc2ccc(C(=O)NC3CCC3N)cc2nc1C. The Labute approximate surface area is 117 Å². The molecule has 3 rings (SSSR count). The van der Waals surface area contributed by atoms with Crippen molar-refractivity contribution in [2.24, 2.45) is 5.73 Å². The first-order chi connectivity index (χ1) is 9.54. The van der Waals surface area contributed by atoms with Crippen LogP contribution in [0.4, 0.5) is 0 Å². The molecule has 0 aliphatic heterocycles. The smallest absolute Gasteiger partial charge is 0.251 e. The molecule has 5 nitrogen and oxygen atoms in total. The van der Waals surface area contributed by atoms with Crippen molar-refractivity contribution in [1.82, 2.24) is 15.3 Å². The molecule has 1 saturated carbocycles. The van der Waals surface area contributed by atoms with Crippen molar-refractivity contribution in [3.05, 3.63) is 35.2 Å². The van der Waals surface area contributed by atoms with E-state index in [1.807, 2.05) is 19.9 Å². The van der Waals surface area contributed by atoms with Crippen LogP contribution in [0.25, 0.3) is 11.0 Å². The predicted molar refractivity (Wildman–Crippen MR) is 77.5 cm³/mol. The number of amides is 1. The molecule has 1 aromatic carbocycles. The lowest BCUT2D eigenvalue weighted by Crippen LogP contribution is -2.54. The van der Waals surface area contributed by atoms with Crippen LogP contribution >= 0.6 is 0 Å². The van der Waals surface area contributed by atoms with Crippen LogP contribution in [0.1, 0.15) is 34.6 Å². The molecule has 0 saturated heterocycles. The molecule has 5 heteroatoms. The van der Waals surface area contributed by atoms with Gasteiger partial charge in [0.25, 0.3) is 5.91 Å². The first-order valence-corrected chi connectivity index (χ1v) is 6.86. The van der Waals surface area contributed by atoms with E-state index in [4.69, 9.17) is 5.73 Å². The van der Waals surface area contributed by atoms with Gasteiger partial charge in [-0.3, -0.25) is 4.79 Å². The lowest BCUT2D eigenvalue weighted by molar-refractivity contribution is 0.0906. The minimum absolute atomic E-state index is 0.0871. The Morgan fingerprint density at radius 1 is 1.20 bits per heavy atom. The molecule has 1 aliphatic rings. The highest BCUT2D eigenvalue weighted by molar-refractivity contribution is 5.97. The maximum Gasteiger partial charge on any atom is 0.251 e. The fraction of sp³-hybridized carbons (Fsp3) is 0.400. The van der Waals surface area contributed by atoms with E-state index in [-0.39, 0.29) is 18.0 Å². The zero-order chi connectivity index (χ0) is 14.3. The quantitative estimate of drug-likeness (QED) is 0.865. The van der Waals surface area contributed by atoms with Crippen molar-refractivity contribution >= 4 is 16.9 Å². The van der Waals surface area contributed by atoms with Gasteiger partial charge in [-0.2, -0.15) is 0 Å². The van der Waals surface area contributed by atoms with E-state index >= 15 is 0 Å². The summed E-state index contributed by atoms with van der Waals surface area (Å²) in [5.41, 5.74) is 9.80.